The van der Waals surface area contributed by atoms with Crippen LogP contribution in [0.5, 0.6) is 0 Å². The number of hydrogen-bond acceptors (Lipinski definition) is 2. The molecule has 0 saturated heterocycles. The molecule has 18 heavy (non-hydrogen) atoms. The Labute approximate surface area is 106 Å². The van der Waals surface area contributed by atoms with Crippen LogP contribution in [0.3, 0.4) is 0 Å². The third kappa shape index (κ3) is 1.82. The Morgan fingerprint density at radius 2 is 1.61 bits per heavy atom. The van der Waals surface area contributed by atoms with Crippen LogP contribution >= 0.6 is 0 Å². The molecule has 0 aliphatic heterocycles. The lowest BCUT2D eigenvalue weighted by Gasteiger charge is -2.08. The van der Waals surface area contributed by atoms with Gasteiger partial charge < -0.3 is 5.32 Å². The van der Waals surface area contributed by atoms with E-state index in [4.69, 9.17) is 0 Å². The number of pyridine rings is 1. The summed E-state index contributed by atoms with van der Waals surface area (Å²) >= 11 is 0. The number of nitrogens with zero attached hydrogens (tertiary/aromatic N) is 1. The number of nitrogens with one attached hydrogen (secondary N) is 1. The van der Waals surface area contributed by atoms with Crippen LogP contribution in [0.1, 0.15) is 0 Å². The Bertz CT molecular complexity index is 675. The molecule has 3 rings (SSSR count). The van der Waals surface area contributed by atoms with Gasteiger partial charge in [-0.05, 0) is 11.5 Å². The normalized spacial score (nSPS) is 10.5. The first-order valence-electron chi connectivity index (χ1n) is 6.01. The number of fused-ring (bicyclic) bond motifs is 1. The molecule has 0 fully saturated rings. The van der Waals surface area contributed by atoms with Crippen molar-refractivity contribution in [3.63, 3.8) is 0 Å². The van der Waals surface area contributed by atoms with E-state index in [9.17, 15) is 0 Å². The minimum Gasteiger partial charge on any atom is -0.373 e. The lowest BCUT2D eigenvalue weighted by atomic mass is 10.1. The molecular formula is C16H14N2. The average Bonchev–Trinajstić information content (AvgIpc) is 2.47. The van der Waals surface area contributed by atoms with Crippen molar-refractivity contribution in [2.45, 2.75) is 0 Å². The molecule has 1 heterocycles. The van der Waals surface area contributed by atoms with E-state index >= 15 is 0 Å². The molecule has 2 heteroatoms. The highest BCUT2D eigenvalue weighted by Gasteiger charge is 2.05. The second kappa shape index (κ2) is 4.49. The molecule has 0 bridgehead atoms. The molecule has 0 saturated carbocycles. The highest BCUT2D eigenvalue weighted by Crippen LogP contribution is 2.27. The van der Waals surface area contributed by atoms with Gasteiger partial charge in [-0.15, -0.1) is 0 Å². The van der Waals surface area contributed by atoms with Crippen molar-refractivity contribution in [3.8, 4) is 11.3 Å². The predicted molar refractivity (Wildman–Crippen MR) is 76.7 cm³/mol. The number of hydrogen-bond donors (Lipinski definition) is 1. The smallest absolute Gasteiger partial charge is 0.134 e. The summed E-state index contributed by atoms with van der Waals surface area (Å²) in [5, 5.41) is 5.53. The molecule has 2 aromatic carbocycles. The van der Waals surface area contributed by atoms with E-state index < -0.39 is 0 Å². The van der Waals surface area contributed by atoms with Gasteiger partial charge in [-0.3, -0.25) is 0 Å². The van der Waals surface area contributed by atoms with Crippen molar-refractivity contribution < 1.29 is 0 Å². The van der Waals surface area contributed by atoms with Crippen molar-refractivity contribution in [1.82, 2.24) is 4.98 Å². The van der Waals surface area contributed by atoms with Gasteiger partial charge in [-0.2, -0.15) is 0 Å². The number of aromatic nitrogens is 1. The van der Waals surface area contributed by atoms with Crippen LogP contribution in [0.15, 0.2) is 60.7 Å². The largest absolute Gasteiger partial charge is 0.373 e. The van der Waals surface area contributed by atoms with E-state index in [1.807, 2.05) is 31.3 Å². The highest BCUT2D eigenvalue weighted by molar-refractivity contribution is 5.94. The van der Waals surface area contributed by atoms with Crippen LogP contribution in [0.2, 0.25) is 0 Å². The molecular weight excluding hydrogens is 220 g/mol. The molecule has 0 aliphatic carbocycles. The minimum atomic E-state index is 0.923. The maximum Gasteiger partial charge on any atom is 0.134 e. The fraction of sp³-hybridized carbons (Fsp3) is 0.0625. The van der Waals surface area contributed by atoms with Gasteiger partial charge in [0.2, 0.25) is 0 Å². The monoisotopic (exact) mass is 234 g/mol. The molecule has 0 radical (unpaired) electrons. The summed E-state index contributed by atoms with van der Waals surface area (Å²) in [5.74, 6) is 0.923. The summed E-state index contributed by atoms with van der Waals surface area (Å²) in [6, 6.07) is 20.7. The summed E-state index contributed by atoms with van der Waals surface area (Å²) in [7, 11) is 1.91. The third-order valence-electron chi connectivity index (χ3n) is 3.05. The summed E-state index contributed by atoms with van der Waals surface area (Å²) in [6.45, 7) is 0. The summed E-state index contributed by atoms with van der Waals surface area (Å²) in [5.41, 5.74) is 2.14. The number of rotatable bonds is 2. The van der Waals surface area contributed by atoms with Crippen molar-refractivity contribution in [3.05, 3.63) is 60.7 Å². The maximum absolute atomic E-state index is 4.68. The van der Waals surface area contributed by atoms with E-state index in [1.54, 1.807) is 0 Å². The van der Waals surface area contributed by atoms with Gasteiger partial charge in [-0.25, -0.2) is 4.98 Å². The number of benzene rings is 2. The van der Waals surface area contributed by atoms with Crippen LogP contribution in [0.4, 0.5) is 5.82 Å². The first-order valence-corrected chi connectivity index (χ1v) is 6.01. The first kappa shape index (κ1) is 10.8. The predicted octanol–water partition coefficient (Wildman–Crippen LogP) is 3.94. The van der Waals surface area contributed by atoms with Crippen LogP contribution in [-0.4, -0.2) is 12.0 Å². The first-order chi connectivity index (χ1) is 8.88. The minimum absolute atomic E-state index is 0.923. The molecule has 0 unspecified atom stereocenters. The fourth-order valence-corrected chi connectivity index (χ4v) is 2.15. The zero-order chi connectivity index (χ0) is 12.4. The molecule has 1 N–H and O–H groups in total. The molecule has 0 amide bonds. The van der Waals surface area contributed by atoms with Crippen molar-refractivity contribution in [1.29, 1.82) is 0 Å². The van der Waals surface area contributed by atoms with E-state index in [1.165, 1.54) is 5.39 Å². The fourth-order valence-electron chi connectivity index (χ4n) is 2.15. The van der Waals surface area contributed by atoms with Gasteiger partial charge in [0, 0.05) is 18.0 Å². The summed E-state index contributed by atoms with van der Waals surface area (Å²) < 4.78 is 0. The van der Waals surface area contributed by atoms with E-state index in [0.29, 0.717) is 0 Å². The zero-order valence-electron chi connectivity index (χ0n) is 10.2. The third-order valence-corrected chi connectivity index (χ3v) is 3.05. The topological polar surface area (TPSA) is 24.9 Å². The number of anilines is 1. The Morgan fingerprint density at radius 3 is 2.39 bits per heavy atom. The second-order valence-corrected chi connectivity index (χ2v) is 4.19. The Hall–Kier alpha value is -2.35. The van der Waals surface area contributed by atoms with Gasteiger partial charge in [0.05, 0.1) is 5.69 Å². The standard InChI is InChI=1S/C16H14N2/c1-17-16-14-10-6-5-9-13(14)11-15(18-16)12-7-3-2-4-8-12/h2-11H,1H3,(H,17,18). The van der Waals surface area contributed by atoms with E-state index in [0.717, 1.165) is 22.5 Å². The SMILES string of the molecule is CNc1nc(-c2ccccc2)cc2ccccc12. The van der Waals surface area contributed by atoms with Crippen molar-refractivity contribution in [2.75, 3.05) is 12.4 Å². The Kier molecular flexibility index (Phi) is 2.69. The maximum atomic E-state index is 4.68. The van der Waals surface area contributed by atoms with E-state index in [2.05, 4.69) is 46.7 Å². The molecule has 0 aliphatic rings. The van der Waals surface area contributed by atoms with Gasteiger partial charge in [0.25, 0.3) is 0 Å². The molecule has 0 spiro atoms. The van der Waals surface area contributed by atoms with Crippen LogP contribution in [0, 0.1) is 0 Å². The lowest BCUT2D eigenvalue weighted by Crippen LogP contribution is -1.95. The summed E-state index contributed by atoms with van der Waals surface area (Å²) in [4.78, 5) is 4.68. The van der Waals surface area contributed by atoms with Crippen LogP contribution < -0.4 is 5.32 Å². The molecule has 1 aromatic heterocycles. The zero-order valence-corrected chi connectivity index (χ0v) is 10.2. The molecule has 88 valence electrons. The van der Waals surface area contributed by atoms with Gasteiger partial charge >= 0.3 is 0 Å². The van der Waals surface area contributed by atoms with Gasteiger partial charge in [0.15, 0.2) is 0 Å². The summed E-state index contributed by atoms with van der Waals surface area (Å²) in [6.07, 6.45) is 0. The Morgan fingerprint density at radius 1 is 0.889 bits per heavy atom. The second-order valence-electron chi connectivity index (χ2n) is 4.19. The molecule has 2 nitrogen and oxygen atoms in total. The average molecular weight is 234 g/mol. The quantitative estimate of drug-likeness (QED) is 0.726. The lowest BCUT2D eigenvalue weighted by molar-refractivity contribution is 1.31. The van der Waals surface area contributed by atoms with Crippen LogP contribution in [0.25, 0.3) is 22.0 Å². The van der Waals surface area contributed by atoms with Crippen molar-refractivity contribution in [2.24, 2.45) is 0 Å². The van der Waals surface area contributed by atoms with E-state index in [-0.39, 0.29) is 0 Å². The van der Waals surface area contributed by atoms with Gasteiger partial charge in [0.1, 0.15) is 5.82 Å². The molecule has 0 atom stereocenters. The Balaban J connectivity index is 2.26. The van der Waals surface area contributed by atoms with Crippen LogP contribution in [-0.2, 0) is 0 Å². The van der Waals surface area contributed by atoms with Gasteiger partial charge in [-0.1, -0.05) is 54.6 Å². The highest BCUT2D eigenvalue weighted by atomic mass is 15.0. The molecule has 3 aromatic rings. The van der Waals surface area contributed by atoms with Crippen molar-refractivity contribution >= 4 is 16.6 Å².